The molecule has 1 aromatic rings. The number of aromatic carboxylic acids is 1. The molecule has 1 aromatic heterocycles. The van der Waals surface area contributed by atoms with Crippen LogP contribution in [0.2, 0.25) is 0 Å². The number of hydrogen-bond donors (Lipinski definition) is 2. The number of nitrogens with one attached hydrogen (secondary N) is 1. The Labute approximate surface area is 99.6 Å². The molecule has 0 saturated carbocycles. The molecule has 1 aliphatic heterocycles. The molecule has 0 amide bonds. The third kappa shape index (κ3) is 2.83. The SMILES string of the molecule is Cn1ncc(C(=O)O)c1CNC1CCCOC1. The number of nitrogens with zero attached hydrogens (tertiary/aromatic N) is 2. The zero-order valence-electron chi connectivity index (χ0n) is 9.85. The number of carboxylic acids is 1. The second kappa shape index (κ2) is 5.29. The first-order chi connectivity index (χ1) is 8.18. The van der Waals surface area contributed by atoms with Gasteiger partial charge < -0.3 is 15.2 Å². The molecule has 1 fully saturated rings. The maximum Gasteiger partial charge on any atom is 0.339 e. The molecule has 2 heterocycles. The van der Waals surface area contributed by atoms with Crippen molar-refractivity contribution in [2.24, 2.45) is 7.05 Å². The molecule has 6 nitrogen and oxygen atoms in total. The van der Waals surface area contributed by atoms with Gasteiger partial charge in [-0.1, -0.05) is 0 Å². The molecule has 17 heavy (non-hydrogen) atoms. The van der Waals surface area contributed by atoms with Crippen LogP contribution in [0, 0.1) is 0 Å². The van der Waals surface area contributed by atoms with E-state index in [4.69, 9.17) is 9.84 Å². The summed E-state index contributed by atoms with van der Waals surface area (Å²) in [7, 11) is 1.75. The minimum absolute atomic E-state index is 0.261. The summed E-state index contributed by atoms with van der Waals surface area (Å²) >= 11 is 0. The molecule has 0 radical (unpaired) electrons. The van der Waals surface area contributed by atoms with Crippen molar-refractivity contribution in [2.45, 2.75) is 25.4 Å². The lowest BCUT2D eigenvalue weighted by molar-refractivity contribution is 0.0683. The summed E-state index contributed by atoms with van der Waals surface area (Å²) in [5.41, 5.74) is 0.958. The summed E-state index contributed by atoms with van der Waals surface area (Å²) in [6.07, 6.45) is 3.51. The average molecular weight is 239 g/mol. The van der Waals surface area contributed by atoms with E-state index in [2.05, 4.69) is 10.4 Å². The van der Waals surface area contributed by atoms with Crippen LogP contribution in [0.5, 0.6) is 0 Å². The van der Waals surface area contributed by atoms with Crippen molar-refractivity contribution >= 4 is 5.97 Å². The van der Waals surface area contributed by atoms with Crippen LogP contribution in [0.25, 0.3) is 0 Å². The molecular weight excluding hydrogens is 222 g/mol. The number of aryl methyl sites for hydroxylation is 1. The molecule has 2 N–H and O–H groups in total. The molecule has 0 spiro atoms. The summed E-state index contributed by atoms with van der Waals surface area (Å²) in [5, 5.41) is 16.3. The van der Waals surface area contributed by atoms with E-state index in [1.54, 1.807) is 11.7 Å². The third-order valence-corrected chi connectivity index (χ3v) is 3.01. The predicted octanol–water partition coefficient (Wildman–Crippen LogP) is 0.387. The number of rotatable bonds is 4. The van der Waals surface area contributed by atoms with E-state index in [-0.39, 0.29) is 5.56 Å². The van der Waals surface area contributed by atoms with Gasteiger partial charge >= 0.3 is 5.97 Å². The predicted molar refractivity (Wildman–Crippen MR) is 60.8 cm³/mol. The molecule has 1 aliphatic rings. The topological polar surface area (TPSA) is 76.4 Å². The van der Waals surface area contributed by atoms with Crippen molar-refractivity contribution < 1.29 is 14.6 Å². The fraction of sp³-hybridized carbons (Fsp3) is 0.636. The van der Waals surface area contributed by atoms with Crippen LogP contribution in [0.4, 0.5) is 0 Å². The highest BCUT2D eigenvalue weighted by molar-refractivity contribution is 5.88. The zero-order valence-corrected chi connectivity index (χ0v) is 9.85. The Morgan fingerprint density at radius 2 is 2.59 bits per heavy atom. The molecular formula is C11H17N3O3. The van der Waals surface area contributed by atoms with E-state index in [9.17, 15) is 4.79 Å². The van der Waals surface area contributed by atoms with Crippen LogP contribution in [0.15, 0.2) is 6.20 Å². The first-order valence-corrected chi connectivity index (χ1v) is 5.74. The number of ether oxygens (including phenoxy) is 1. The zero-order chi connectivity index (χ0) is 12.3. The van der Waals surface area contributed by atoms with Crippen LogP contribution in [-0.4, -0.2) is 40.1 Å². The molecule has 2 rings (SSSR count). The van der Waals surface area contributed by atoms with Crippen LogP contribution in [-0.2, 0) is 18.3 Å². The van der Waals surface area contributed by atoms with Crippen molar-refractivity contribution in [2.75, 3.05) is 13.2 Å². The molecule has 1 saturated heterocycles. The fourth-order valence-corrected chi connectivity index (χ4v) is 1.99. The first-order valence-electron chi connectivity index (χ1n) is 5.74. The smallest absolute Gasteiger partial charge is 0.339 e. The lowest BCUT2D eigenvalue weighted by Gasteiger charge is -2.23. The van der Waals surface area contributed by atoms with Crippen LogP contribution < -0.4 is 5.32 Å². The lowest BCUT2D eigenvalue weighted by atomic mass is 10.1. The van der Waals surface area contributed by atoms with E-state index in [1.165, 1.54) is 6.20 Å². The van der Waals surface area contributed by atoms with Gasteiger partial charge in [0.15, 0.2) is 0 Å². The Balaban J connectivity index is 1.97. The number of carbonyl (C=O) groups is 1. The monoisotopic (exact) mass is 239 g/mol. The van der Waals surface area contributed by atoms with Crippen LogP contribution >= 0.6 is 0 Å². The normalized spacial score (nSPS) is 20.4. The van der Waals surface area contributed by atoms with E-state index in [1.807, 2.05) is 0 Å². The van der Waals surface area contributed by atoms with Crippen molar-refractivity contribution in [3.63, 3.8) is 0 Å². The Kier molecular flexibility index (Phi) is 3.75. The summed E-state index contributed by atoms with van der Waals surface area (Å²) in [6, 6.07) is 0.306. The number of aromatic nitrogens is 2. The van der Waals surface area contributed by atoms with Gasteiger partial charge in [-0.05, 0) is 12.8 Å². The maximum atomic E-state index is 11.0. The number of hydrogen-bond acceptors (Lipinski definition) is 4. The second-order valence-electron chi connectivity index (χ2n) is 4.23. The van der Waals surface area contributed by atoms with Crippen molar-refractivity contribution in [1.29, 1.82) is 0 Å². The van der Waals surface area contributed by atoms with Gasteiger partial charge in [0.1, 0.15) is 5.56 Å². The van der Waals surface area contributed by atoms with Gasteiger partial charge in [-0.15, -0.1) is 0 Å². The Hall–Kier alpha value is -1.40. The van der Waals surface area contributed by atoms with Gasteiger partial charge in [0.25, 0.3) is 0 Å². The molecule has 0 aliphatic carbocycles. The summed E-state index contributed by atoms with van der Waals surface area (Å²) < 4.78 is 6.96. The Morgan fingerprint density at radius 3 is 3.24 bits per heavy atom. The molecule has 0 bridgehead atoms. The summed E-state index contributed by atoms with van der Waals surface area (Å²) in [4.78, 5) is 11.0. The van der Waals surface area contributed by atoms with Gasteiger partial charge in [-0.2, -0.15) is 5.10 Å². The number of carboxylic acid groups (broad SMARTS) is 1. The third-order valence-electron chi connectivity index (χ3n) is 3.01. The standard InChI is InChI=1S/C11H17N3O3/c1-14-10(9(5-13-14)11(15)16)6-12-8-3-2-4-17-7-8/h5,8,12H,2-4,6-7H2,1H3,(H,15,16). The summed E-state index contributed by atoms with van der Waals surface area (Å²) in [6.45, 7) is 2.02. The Bertz CT molecular complexity index is 397. The highest BCUT2D eigenvalue weighted by atomic mass is 16.5. The van der Waals surface area contributed by atoms with Crippen molar-refractivity contribution in [3.05, 3.63) is 17.5 Å². The highest BCUT2D eigenvalue weighted by Crippen LogP contribution is 2.10. The molecule has 6 heteroatoms. The largest absolute Gasteiger partial charge is 0.478 e. The van der Waals surface area contributed by atoms with E-state index < -0.39 is 5.97 Å². The van der Waals surface area contributed by atoms with Crippen LogP contribution in [0.1, 0.15) is 28.9 Å². The van der Waals surface area contributed by atoms with E-state index in [0.29, 0.717) is 24.9 Å². The summed E-state index contributed by atoms with van der Waals surface area (Å²) in [5.74, 6) is -0.935. The van der Waals surface area contributed by atoms with Gasteiger partial charge in [-0.3, -0.25) is 4.68 Å². The van der Waals surface area contributed by atoms with E-state index in [0.717, 1.165) is 19.4 Å². The average Bonchev–Trinajstić information content (AvgIpc) is 2.69. The van der Waals surface area contributed by atoms with E-state index >= 15 is 0 Å². The van der Waals surface area contributed by atoms with Crippen molar-refractivity contribution in [3.8, 4) is 0 Å². The highest BCUT2D eigenvalue weighted by Gasteiger charge is 2.18. The maximum absolute atomic E-state index is 11.0. The molecule has 1 unspecified atom stereocenters. The van der Waals surface area contributed by atoms with Gasteiger partial charge in [0, 0.05) is 26.2 Å². The Morgan fingerprint density at radius 1 is 1.76 bits per heavy atom. The minimum Gasteiger partial charge on any atom is -0.478 e. The van der Waals surface area contributed by atoms with Crippen molar-refractivity contribution in [1.82, 2.24) is 15.1 Å². The minimum atomic E-state index is -0.935. The van der Waals surface area contributed by atoms with Crippen LogP contribution in [0.3, 0.4) is 0 Å². The van der Waals surface area contributed by atoms with Gasteiger partial charge in [0.05, 0.1) is 18.5 Å². The molecule has 94 valence electrons. The molecule has 0 aromatic carbocycles. The second-order valence-corrected chi connectivity index (χ2v) is 4.23. The first kappa shape index (κ1) is 12.1. The quantitative estimate of drug-likeness (QED) is 0.794. The van der Waals surface area contributed by atoms with Gasteiger partial charge in [0.2, 0.25) is 0 Å². The fourth-order valence-electron chi connectivity index (χ4n) is 1.99. The molecule has 1 atom stereocenters. The lowest BCUT2D eigenvalue weighted by Crippen LogP contribution is -2.37. The van der Waals surface area contributed by atoms with Gasteiger partial charge in [-0.25, -0.2) is 4.79 Å².